The number of carbonyl (C=O) groups excluding carboxylic acids is 1. The van der Waals surface area contributed by atoms with E-state index in [0.29, 0.717) is 36.1 Å². The normalized spacial score (nSPS) is 19.8. The van der Waals surface area contributed by atoms with E-state index in [0.717, 1.165) is 5.56 Å². The highest BCUT2D eigenvalue weighted by Crippen LogP contribution is 2.33. The number of fused-ring (bicyclic) bond motifs is 2. The Morgan fingerprint density at radius 3 is 2.69 bits per heavy atom. The van der Waals surface area contributed by atoms with Crippen molar-refractivity contribution < 1.29 is 22.7 Å². The number of amides is 1. The number of aryl methyl sites for hydroxylation is 1. The van der Waals surface area contributed by atoms with Crippen molar-refractivity contribution in [2.45, 2.75) is 18.0 Å². The minimum Gasteiger partial charge on any atom is -0.486 e. The van der Waals surface area contributed by atoms with Gasteiger partial charge in [0.2, 0.25) is 10.0 Å². The molecule has 0 fully saturated rings. The highest BCUT2D eigenvalue weighted by molar-refractivity contribution is 7.89. The summed E-state index contributed by atoms with van der Waals surface area (Å²) in [7, 11) is -3.78. The number of anilines is 2. The number of nitrogens with one attached hydrogen (secondary N) is 3. The van der Waals surface area contributed by atoms with Crippen molar-refractivity contribution in [2.75, 3.05) is 23.8 Å². The van der Waals surface area contributed by atoms with Gasteiger partial charge in [-0.25, -0.2) is 8.42 Å². The van der Waals surface area contributed by atoms with Crippen LogP contribution in [0.25, 0.3) is 0 Å². The summed E-state index contributed by atoms with van der Waals surface area (Å²) in [5.41, 5.74) is 1.76. The van der Waals surface area contributed by atoms with Crippen LogP contribution in [-0.2, 0) is 14.8 Å². The topological polar surface area (TPSA) is 106 Å². The average molecular weight is 375 g/mol. The maximum absolute atomic E-state index is 12.5. The molecular formula is C17H17N3O5S. The summed E-state index contributed by atoms with van der Waals surface area (Å²) in [5, 5.41) is 5.60. The zero-order chi connectivity index (χ0) is 18.3. The minimum atomic E-state index is -3.78. The van der Waals surface area contributed by atoms with E-state index in [-0.39, 0.29) is 4.90 Å². The quantitative estimate of drug-likeness (QED) is 0.733. The Balaban J connectivity index is 1.56. The van der Waals surface area contributed by atoms with Crippen LogP contribution < -0.4 is 24.8 Å². The zero-order valence-electron chi connectivity index (χ0n) is 13.9. The Bertz CT molecular complexity index is 990. The number of benzene rings is 2. The molecule has 0 saturated heterocycles. The monoisotopic (exact) mass is 375 g/mol. The molecule has 1 amide bonds. The summed E-state index contributed by atoms with van der Waals surface area (Å²) in [6.07, 6.45) is -1.12. The first-order valence-corrected chi connectivity index (χ1v) is 9.51. The van der Waals surface area contributed by atoms with E-state index in [1.807, 2.05) is 6.92 Å². The summed E-state index contributed by atoms with van der Waals surface area (Å²) in [5.74, 6) is 0.611. The van der Waals surface area contributed by atoms with Gasteiger partial charge in [-0.2, -0.15) is 4.72 Å². The summed E-state index contributed by atoms with van der Waals surface area (Å²) >= 11 is 0. The summed E-state index contributed by atoms with van der Waals surface area (Å²) in [6.45, 7) is 2.76. The van der Waals surface area contributed by atoms with Crippen LogP contribution in [0, 0.1) is 6.92 Å². The molecule has 2 aliphatic heterocycles. The standard InChI is InChI=1S/C17H17N3O5S/c1-10-2-5-15-12(8-10)19-16(20-26(15,22)23)17(21)18-11-3-4-13-14(9-11)25-7-6-24-13/h2-5,8-9,16,19-20H,6-7H2,1H3,(H,18,21)/t16-/m1/s1. The van der Waals surface area contributed by atoms with E-state index in [1.165, 1.54) is 6.07 Å². The van der Waals surface area contributed by atoms with Gasteiger partial charge in [0.25, 0.3) is 5.91 Å². The maximum Gasteiger partial charge on any atom is 0.262 e. The molecule has 0 aromatic heterocycles. The summed E-state index contributed by atoms with van der Waals surface area (Å²) in [4.78, 5) is 12.7. The van der Waals surface area contributed by atoms with E-state index in [9.17, 15) is 13.2 Å². The van der Waals surface area contributed by atoms with Gasteiger partial charge in [0, 0.05) is 11.8 Å². The van der Waals surface area contributed by atoms with E-state index in [4.69, 9.17) is 9.47 Å². The third kappa shape index (κ3) is 3.06. The third-order valence-electron chi connectivity index (χ3n) is 4.07. The Hall–Kier alpha value is -2.78. The molecule has 4 rings (SSSR count). The molecule has 2 heterocycles. The number of hydrogen-bond donors (Lipinski definition) is 3. The molecule has 9 heteroatoms. The van der Waals surface area contributed by atoms with Crippen molar-refractivity contribution in [1.82, 2.24) is 4.72 Å². The van der Waals surface area contributed by atoms with Crippen LogP contribution in [0.15, 0.2) is 41.3 Å². The molecule has 0 bridgehead atoms. The van der Waals surface area contributed by atoms with E-state index >= 15 is 0 Å². The van der Waals surface area contributed by atoms with Crippen molar-refractivity contribution >= 4 is 27.3 Å². The number of sulfonamides is 1. The molecule has 2 aliphatic rings. The Morgan fingerprint density at radius 2 is 1.88 bits per heavy atom. The molecule has 0 unspecified atom stereocenters. The van der Waals surface area contributed by atoms with Crippen molar-refractivity contribution in [3.8, 4) is 11.5 Å². The van der Waals surface area contributed by atoms with Crippen molar-refractivity contribution in [1.29, 1.82) is 0 Å². The fraction of sp³-hybridized carbons (Fsp3) is 0.235. The fourth-order valence-electron chi connectivity index (χ4n) is 2.85. The summed E-state index contributed by atoms with van der Waals surface area (Å²) in [6, 6.07) is 9.91. The van der Waals surface area contributed by atoms with Crippen LogP contribution in [0.4, 0.5) is 11.4 Å². The zero-order valence-corrected chi connectivity index (χ0v) is 14.7. The first-order valence-electron chi connectivity index (χ1n) is 8.02. The van der Waals surface area contributed by atoms with Gasteiger partial charge in [-0.05, 0) is 36.8 Å². The van der Waals surface area contributed by atoms with Gasteiger partial charge in [-0.1, -0.05) is 6.07 Å². The molecule has 0 spiro atoms. The van der Waals surface area contributed by atoms with Crippen molar-refractivity contribution in [2.24, 2.45) is 0 Å². The molecule has 136 valence electrons. The number of rotatable bonds is 2. The molecule has 2 aromatic carbocycles. The van der Waals surface area contributed by atoms with Crippen LogP contribution in [-0.4, -0.2) is 33.7 Å². The van der Waals surface area contributed by atoms with Gasteiger partial charge in [0.05, 0.1) is 5.69 Å². The lowest BCUT2D eigenvalue weighted by Gasteiger charge is -2.27. The first kappa shape index (κ1) is 16.7. The second-order valence-corrected chi connectivity index (χ2v) is 7.73. The summed E-state index contributed by atoms with van der Waals surface area (Å²) < 4.78 is 38.0. The Kier molecular flexibility index (Phi) is 3.97. The highest BCUT2D eigenvalue weighted by Gasteiger charge is 2.33. The number of ether oxygens (including phenoxy) is 2. The predicted molar refractivity (Wildman–Crippen MR) is 95.0 cm³/mol. The maximum atomic E-state index is 12.5. The third-order valence-corrected chi connectivity index (χ3v) is 5.55. The molecule has 0 radical (unpaired) electrons. The van der Waals surface area contributed by atoms with Gasteiger partial charge >= 0.3 is 0 Å². The van der Waals surface area contributed by atoms with Crippen LogP contribution >= 0.6 is 0 Å². The van der Waals surface area contributed by atoms with Gasteiger partial charge in [-0.15, -0.1) is 0 Å². The van der Waals surface area contributed by atoms with Gasteiger partial charge in [0.1, 0.15) is 18.1 Å². The van der Waals surface area contributed by atoms with Crippen molar-refractivity contribution in [3.63, 3.8) is 0 Å². The molecule has 8 nitrogen and oxygen atoms in total. The lowest BCUT2D eigenvalue weighted by atomic mass is 10.2. The van der Waals surface area contributed by atoms with Crippen molar-refractivity contribution in [3.05, 3.63) is 42.0 Å². The SMILES string of the molecule is Cc1ccc2c(c1)N[C@@H](C(=O)Nc1ccc3c(c1)OCCO3)NS2(=O)=O. The second-order valence-electron chi connectivity index (χ2n) is 6.05. The van der Waals surface area contributed by atoms with Crippen LogP contribution in [0.3, 0.4) is 0 Å². The largest absolute Gasteiger partial charge is 0.486 e. The Morgan fingerprint density at radius 1 is 1.12 bits per heavy atom. The minimum absolute atomic E-state index is 0.117. The van der Waals surface area contributed by atoms with E-state index in [1.54, 1.807) is 30.3 Å². The smallest absolute Gasteiger partial charge is 0.262 e. The van der Waals surface area contributed by atoms with Crippen LogP contribution in [0.2, 0.25) is 0 Å². The second kappa shape index (κ2) is 6.19. The van der Waals surface area contributed by atoms with Gasteiger partial charge < -0.3 is 20.1 Å². The van der Waals surface area contributed by atoms with E-state index < -0.39 is 22.1 Å². The predicted octanol–water partition coefficient (Wildman–Crippen LogP) is 1.43. The molecule has 0 aliphatic carbocycles. The Labute approximate surface area is 150 Å². The first-order chi connectivity index (χ1) is 12.4. The molecule has 2 aromatic rings. The van der Waals surface area contributed by atoms with E-state index in [2.05, 4.69) is 15.4 Å². The molecule has 26 heavy (non-hydrogen) atoms. The highest BCUT2D eigenvalue weighted by atomic mass is 32.2. The lowest BCUT2D eigenvalue weighted by Crippen LogP contribution is -2.51. The number of carbonyl (C=O) groups is 1. The number of hydrogen-bond acceptors (Lipinski definition) is 6. The molecule has 3 N–H and O–H groups in total. The van der Waals surface area contributed by atoms with Gasteiger partial charge in [-0.3, -0.25) is 4.79 Å². The fourth-order valence-corrected chi connectivity index (χ4v) is 4.11. The lowest BCUT2D eigenvalue weighted by molar-refractivity contribution is -0.117. The molecular weight excluding hydrogens is 358 g/mol. The molecule has 1 atom stereocenters. The molecule has 0 saturated carbocycles. The van der Waals surface area contributed by atoms with Crippen LogP contribution in [0.1, 0.15) is 5.56 Å². The average Bonchev–Trinajstić information content (AvgIpc) is 2.60. The van der Waals surface area contributed by atoms with Crippen LogP contribution in [0.5, 0.6) is 11.5 Å². The van der Waals surface area contributed by atoms with Gasteiger partial charge in [0.15, 0.2) is 17.7 Å².